The molecule has 0 fully saturated rings. The molecular formula is C24H51N3Si2Ti. The molecule has 6 heteroatoms. The van der Waals surface area contributed by atoms with Crippen molar-refractivity contribution in [2.45, 2.75) is 59.6 Å². The van der Waals surface area contributed by atoms with Crippen molar-refractivity contribution < 1.29 is 21.7 Å². The van der Waals surface area contributed by atoms with Gasteiger partial charge in [0, 0.05) is 0 Å². The van der Waals surface area contributed by atoms with Gasteiger partial charge in [-0.1, -0.05) is 88.5 Å². The average molecular weight is 486 g/mol. The Hall–Kier alpha value is -0.0119. The molecule has 30 heavy (non-hydrogen) atoms. The van der Waals surface area contributed by atoms with E-state index in [0.29, 0.717) is 0 Å². The van der Waals surface area contributed by atoms with E-state index in [2.05, 4.69) is 105 Å². The quantitative estimate of drug-likeness (QED) is 0.220. The summed E-state index contributed by atoms with van der Waals surface area (Å²) in [5.41, 5.74) is 5.04. The topological polar surface area (TPSA) is 42.3 Å². The van der Waals surface area contributed by atoms with Gasteiger partial charge in [0.15, 0.2) is 0 Å². The third kappa shape index (κ3) is 56.5. The first-order valence-electron chi connectivity index (χ1n) is 10.2. The number of nitrogens with zero attached hydrogens (tertiary/aromatic N) is 3. The van der Waals surface area contributed by atoms with Crippen LogP contribution in [0.3, 0.4) is 0 Å². The van der Waals surface area contributed by atoms with E-state index in [1.165, 1.54) is 0 Å². The van der Waals surface area contributed by atoms with Crippen LogP contribution in [0.2, 0.25) is 39.3 Å². The third-order valence-electron chi connectivity index (χ3n) is 2.64. The summed E-state index contributed by atoms with van der Waals surface area (Å²) in [6.45, 7) is 18.5. The summed E-state index contributed by atoms with van der Waals surface area (Å²) in [4.78, 5) is 0. The molecule has 1 aliphatic rings. The van der Waals surface area contributed by atoms with E-state index >= 15 is 0 Å². The maximum Gasteiger partial charge on any atom is 4.00 e. The van der Waals surface area contributed by atoms with E-state index < -0.39 is 16.1 Å². The predicted molar refractivity (Wildman–Crippen MR) is 146 cm³/mol. The van der Waals surface area contributed by atoms with Gasteiger partial charge in [-0.15, -0.1) is 0 Å². The first kappa shape index (κ1) is 40.4. The Kier molecular flexibility index (Phi) is 34.0. The largest absolute Gasteiger partial charge is 4.00 e. The fourth-order valence-corrected chi connectivity index (χ4v) is 2.83. The molecule has 0 atom stereocenters. The Morgan fingerprint density at radius 1 is 0.733 bits per heavy atom. The van der Waals surface area contributed by atoms with Gasteiger partial charge in [-0.25, -0.2) is 12.2 Å². The molecule has 1 rings (SSSR count). The summed E-state index contributed by atoms with van der Waals surface area (Å²) >= 11 is 0. The molecule has 0 saturated heterocycles. The van der Waals surface area contributed by atoms with Crippen LogP contribution in [0.1, 0.15) is 20.3 Å². The monoisotopic (exact) mass is 485 g/mol. The molecule has 1 aliphatic carbocycles. The van der Waals surface area contributed by atoms with Crippen LogP contribution in [0.15, 0.2) is 41.8 Å². The van der Waals surface area contributed by atoms with Crippen molar-refractivity contribution in [3.05, 3.63) is 63.8 Å². The van der Waals surface area contributed by atoms with Gasteiger partial charge in [0.2, 0.25) is 0 Å². The van der Waals surface area contributed by atoms with Crippen molar-refractivity contribution in [1.29, 1.82) is 0 Å². The zero-order chi connectivity index (χ0) is 24.0. The first-order chi connectivity index (χ1) is 13.2. The molecule has 0 amide bonds. The Bertz CT molecular complexity index is 418. The average Bonchev–Trinajstić information content (AvgIpc) is 2.53. The molecule has 0 saturated carbocycles. The number of hydrogen-bond acceptors (Lipinski definition) is 0. The summed E-state index contributed by atoms with van der Waals surface area (Å²) in [7, 11) is 8.56. The number of rotatable bonds is 3. The van der Waals surface area contributed by atoms with E-state index in [-0.39, 0.29) is 27.1 Å². The summed E-state index contributed by atoms with van der Waals surface area (Å²) in [5, 5.41) is 10.5. The minimum Gasteiger partial charge on any atom is -0.668 e. The minimum atomic E-state index is -0.970. The SMILES string of the molecule is CC1(C)[C-]=CC=CC1.C[N-]C.C[N-]C.C[N-]C.C[Si](C)(C)C=CC=C[Si](C)(C)C.[Ti+4]. The second-order valence-electron chi connectivity index (χ2n) is 9.62. The normalized spacial score (nSPS) is 14.1. The van der Waals surface area contributed by atoms with E-state index in [4.69, 9.17) is 0 Å². The second-order valence-corrected chi connectivity index (χ2v) is 19.7. The Labute approximate surface area is 208 Å². The van der Waals surface area contributed by atoms with Crippen molar-refractivity contribution in [1.82, 2.24) is 0 Å². The van der Waals surface area contributed by atoms with Crippen LogP contribution >= 0.6 is 0 Å². The number of hydrogen-bond donors (Lipinski definition) is 0. The summed E-state index contributed by atoms with van der Waals surface area (Å²) in [6, 6.07) is 0. The van der Waals surface area contributed by atoms with Crippen LogP contribution in [-0.2, 0) is 21.7 Å². The zero-order valence-electron chi connectivity index (χ0n) is 22.6. The fraction of sp³-hybridized carbons (Fsp3) is 0.667. The minimum absolute atomic E-state index is 0. The van der Waals surface area contributed by atoms with E-state index in [0.717, 1.165) is 6.42 Å². The van der Waals surface area contributed by atoms with Gasteiger partial charge in [-0.05, 0) is 0 Å². The second kappa shape index (κ2) is 25.3. The van der Waals surface area contributed by atoms with Crippen molar-refractivity contribution in [3.63, 3.8) is 0 Å². The summed E-state index contributed by atoms with van der Waals surface area (Å²) < 4.78 is 0. The molecule has 0 bridgehead atoms. The number of allylic oxidation sites excluding steroid dienone is 6. The Morgan fingerprint density at radius 3 is 1.17 bits per heavy atom. The standard InChI is InChI=1S/C10H22Si2.C8H11.3C2H6N.Ti/c1-11(2,3)9-7-8-10-12(4,5)6;1-8(2)6-4-3-5-7-8;3*1-3-2;/h7-10H,1-6H3;3-5H,6H2,1-2H3;3*1-2H3;/q;4*-1;+4. The van der Waals surface area contributed by atoms with E-state index in [1.807, 2.05) is 12.2 Å². The van der Waals surface area contributed by atoms with Crippen molar-refractivity contribution >= 4 is 16.1 Å². The van der Waals surface area contributed by atoms with Gasteiger partial charge >= 0.3 is 21.7 Å². The molecule has 0 spiro atoms. The van der Waals surface area contributed by atoms with Crippen LogP contribution < -0.4 is 0 Å². The van der Waals surface area contributed by atoms with Crippen molar-refractivity contribution in [3.8, 4) is 0 Å². The molecule has 0 aliphatic heterocycles. The first-order valence-corrected chi connectivity index (χ1v) is 17.4. The maximum absolute atomic E-state index is 3.50. The molecular weight excluding hydrogens is 434 g/mol. The van der Waals surface area contributed by atoms with Crippen molar-refractivity contribution in [2.75, 3.05) is 42.3 Å². The predicted octanol–water partition coefficient (Wildman–Crippen LogP) is 8.04. The molecule has 0 aromatic carbocycles. The van der Waals surface area contributed by atoms with Gasteiger partial charge in [0.25, 0.3) is 0 Å². The molecule has 0 unspecified atom stereocenters. The van der Waals surface area contributed by atoms with Gasteiger partial charge < -0.3 is 16.0 Å². The van der Waals surface area contributed by atoms with Crippen LogP contribution in [-0.4, -0.2) is 58.4 Å². The molecule has 0 aromatic rings. The molecule has 0 radical (unpaired) electrons. The van der Waals surface area contributed by atoms with Crippen molar-refractivity contribution in [2.24, 2.45) is 5.41 Å². The Balaban J connectivity index is -0.0000000997. The van der Waals surface area contributed by atoms with Gasteiger partial charge in [-0.2, -0.15) is 48.4 Å². The van der Waals surface area contributed by atoms with Crippen LogP contribution in [0.5, 0.6) is 0 Å². The molecule has 3 nitrogen and oxygen atoms in total. The Morgan fingerprint density at radius 2 is 1.03 bits per heavy atom. The molecule has 0 heterocycles. The summed E-state index contributed by atoms with van der Waals surface area (Å²) in [5.74, 6) is 0. The van der Waals surface area contributed by atoms with E-state index in [9.17, 15) is 0 Å². The van der Waals surface area contributed by atoms with Crippen LogP contribution in [0.4, 0.5) is 0 Å². The van der Waals surface area contributed by atoms with Gasteiger partial charge in [0.1, 0.15) is 0 Å². The molecule has 0 aromatic heterocycles. The fourth-order valence-electron chi connectivity index (χ4n) is 1.45. The third-order valence-corrected chi connectivity index (χ3v) is 5.02. The molecule has 0 N–H and O–H groups in total. The van der Waals surface area contributed by atoms with Crippen LogP contribution in [0.25, 0.3) is 16.0 Å². The zero-order valence-corrected chi connectivity index (χ0v) is 26.2. The van der Waals surface area contributed by atoms with Gasteiger partial charge in [0.05, 0.1) is 16.1 Å². The van der Waals surface area contributed by atoms with Crippen LogP contribution in [0, 0.1) is 11.5 Å². The molecule has 174 valence electrons. The maximum atomic E-state index is 3.50. The summed E-state index contributed by atoms with van der Waals surface area (Å²) in [6.07, 6.45) is 15.0. The van der Waals surface area contributed by atoms with Gasteiger partial charge in [-0.3, -0.25) is 6.08 Å². The van der Waals surface area contributed by atoms with E-state index in [1.54, 1.807) is 42.3 Å². The smallest absolute Gasteiger partial charge is 0.668 e.